The highest BCUT2D eigenvalue weighted by atomic mass is 16.5. The zero-order chi connectivity index (χ0) is 69.7. The topological polar surface area (TPSA) is 239 Å². The van der Waals surface area contributed by atoms with E-state index in [0.29, 0.717) is 23.0 Å². The molecule has 11 aromatic rings. The monoisotopic (exact) mass is 1310 g/mol. The third-order valence-corrected chi connectivity index (χ3v) is 18.3. The minimum absolute atomic E-state index is 0.0362. The summed E-state index contributed by atoms with van der Waals surface area (Å²) in [5.41, 5.74) is 3.27. The number of ether oxygens (including phenoxy) is 4. The van der Waals surface area contributed by atoms with Gasteiger partial charge in [0, 0.05) is 61.0 Å². The number of hydrogen-bond donors (Lipinski definition) is 5. The first kappa shape index (κ1) is 65.9. The maximum Gasteiger partial charge on any atom is 0.262 e. The van der Waals surface area contributed by atoms with Gasteiger partial charge in [-0.3, -0.25) is 43.7 Å². The largest absolute Gasteiger partial charge is 0.457 e. The maximum absolute atomic E-state index is 16.1. The van der Waals surface area contributed by atoms with Crippen molar-refractivity contribution >= 4 is 84.0 Å². The molecule has 13 rings (SSSR count). The van der Waals surface area contributed by atoms with Crippen LogP contribution in [0.5, 0.6) is 46.0 Å². The lowest BCUT2D eigenvalue weighted by molar-refractivity contribution is -0.126. The Morgan fingerprint density at radius 2 is 0.745 bits per heavy atom. The fraction of sp³-hybridized carbons (Fsp3) is 0.263. The molecule has 5 amide bonds. The highest BCUT2D eigenvalue weighted by Gasteiger charge is 2.46. The molecule has 0 spiro atoms. The maximum atomic E-state index is 16.1. The molecule has 4 heterocycles. The number of carbonyl (C=O) groups is 5. The number of imide groups is 1. The molecule has 3 unspecified atom stereocenters. The molecule has 3 atom stereocenters. The predicted molar refractivity (Wildman–Crippen MR) is 378 cm³/mol. The third kappa shape index (κ3) is 11.9. The third-order valence-electron chi connectivity index (χ3n) is 18.3. The number of fused-ring (bicyclic) bond motifs is 2. The van der Waals surface area contributed by atoms with E-state index in [1.54, 1.807) is 54.6 Å². The van der Waals surface area contributed by atoms with Gasteiger partial charge in [-0.05, 0) is 141 Å². The highest BCUT2D eigenvalue weighted by molar-refractivity contribution is 6.43. The van der Waals surface area contributed by atoms with Crippen molar-refractivity contribution in [1.82, 2.24) is 19.8 Å². The smallest absolute Gasteiger partial charge is 0.262 e. The number of nitrogens with zero attached hydrogens (tertiary/aromatic N) is 4. The van der Waals surface area contributed by atoms with Gasteiger partial charge in [-0.25, -0.2) is 0 Å². The first-order valence-corrected chi connectivity index (χ1v) is 32.5. The van der Waals surface area contributed by atoms with E-state index in [1.807, 2.05) is 72.8 Å². The number of rotatable bonds is 16. The number of amides is 5. The molecule has 2 aromatic heterocycles. The van der Waals surface area contributed by atoms with Gasteiger partial charge in [0.25, 0.3) is 17.7 Å². The molecule has 2 aliphatic heterocycles. The van der Waals surface area contributed by atoms with Gasteiger partial charge >= 0.3 is 0 Å². The van der Waals surface area contributed by atoms with Crippen molar-refractivity contribution in [3.05, 3.63) is 215 Å². The molecular weight excluding hydrogens is 1240 g/mol. The van der Waals surface area contributed by atoms with Crippen molar-refractivity contribution in [2.75, 3.05) is 23.8 Å². The molecule has 0 saturated carbocycles. The van der Waals surface area contributed by atoms with Gasteiger partial charge in [0.15, 0.2) is 6.23 Å². The molecule has 0 bridgehead atoms. The average Bonchev–Trinajstić information content (AvgIpc) is 0.671. The zero-order valence-corrected chi connectivity index (χ0v) is 56.6. The summed E-state index contributed by atoms with van der Waals surface area (Å²) in [4.78, 5) is 87.1. The highest BCUT2D eigenvalue weighted by Crippen LogP contribution is 2.59. The molecule has 5 N–H and O–H groups in total. The van der Waals surface area contributed by atoms with Crippen molar-refractivity contribution in [2.24, 2.45) is 0 Å². The van der Waals surface area contributed by atoms with E-state index in [2.05, 4.69) is 104 Å². The van der Waals surface area contributed by atoms with Crippen LogP contribution in [0.3, 0.4) is 0 Å². The van der Waals surface area contributed by atoms with Crippen molar-refractivity contribution in [3.63, 3.8) is 0 Å². The second-order valence-corrected chi connectivity index (χ2v) is 29.2. The summed E-state index contributed by atoms with van der Waals surface area (Å²) in [5.74, 6) is -2.93. The van der Waals surface area contributed by atoms with Crippen LogP contribution in [-0.2, 0) is 31.2 Å². The molecule has 0 saturated heterocycles. The van der Waals surface area contributed by atoms with Gasteiger partial charge in [-0.15, -0.1) is 0 Å². The van der Waals surface area contributed by atoms with E-state index in [0.717, 1.165) is 32.1 Å². The van der Waals surface area contributed by atoms with Crippen molar-refractivity contribution in [3.8, 4) is 46.0 Å². The molecule has 498 valence electrons. The van der Waals surface area contributed by atoms with E-state index in [9.17, 15) is 24.9 Å². The number of hydrogen-bond acceptors (Lipinski definition) is 14. The van der Waals surface area contributed by atoms with Crippen LogP contribution in [0.15, 0.2) is 170 Å². The van der Waals surface area contributed by atoms with E-state index < -0.39 is 61.1 Å². The van der Waals surface area contributed by atoms with E-state index in [4.69, 9.17) is 18.9 Å². The van der Waals surface area contributed by atoms with Crippen LogP contribution >= 0.6 is 0 Å². The fourth-order valence-corrected chi connectivity index (χ4v) is 13.1. The minimum atomic E-state index is -1.95. The Kier molecular flexibility index (Phi) is 16.6. The Bertz CT molecular complexity index is 4840. The van der Waals surface area contributed by atoms with Gasteiger partial charge in [0.2, 0.25) is 11.8 Å². The van der Waals surface area contributed by atoms with Crippen molar-refractivity contribution in [1.29, 1.82) is 0 Å². The van der Waals surface area contributed by atoms with E-state index in [-0.39, 0.29) is 121 Å². The van der Waals surface area contributed by atoms with E-state index in [1.165, 1.54) is 43.0 Å². The number of nitrogens with one attached hydrogen (secondary N) is 2. The van der Waals surface area contributed by atoms with Crippen LogP contribution in [0.25, 0.3) is 43.1 Å². The number of anilines is 2. The molecule has 0 radical (unpaired) electrons. The molecule has 0 aliphatic carbocycles. The number of aliphatic hydroxyl groups excluding tert-OH is 3. The van der Waals surface area contributed by atoms with Crippen LogP contribution in [0.1, 0.15) is 148 Å². The van der Waals surface area contributed by atoms with Crippen LogP contribution in [0, 0.1) is 0 Å². The Morgan fingerprint density at radius 3 is 1.06 bits per heavy atom. The van der Waals surface area contributed by atoms with Gasteiger partial charge in [-0.1, -0.05) is 132 Å². The van der Waals surface area contributed by atoms with Crippen molar-refractivity contribution in [2.45, 2.75) is 123 Å². The summed E-state index contributed by atoms with van der Waals surface area (Å²) in [5, 5.41) is 43.1. The number of pyridine rings is 2. The molecule has 2 aliphatic rings. The number of benzene rings is 9. The Hall–Kier alpha value is -10.8. The van der Waals surface area contributed by atoms with Gasteiger partial charge < -0.3 is 44.9 Å². The molecular formula is C80H76N6O12. The Balaban J connectivity index is 1.20. The lowest BCUT2D eigenvalue weighted by atomic mass is 9.80. The average molecular weight is 1310 g/mol. The summed E-state index contributed by atoms with van der Waals surface area (Å²) in [6, 6.07) is 39.1. The number of carbonyl (C=O) groups excluding carboxylic acids is 5. The number of aliphatic hydroxyl groups is 3. The lowest BCUT2D eigenvalue weighted by Crippen LogP contribution is -2.53. The molecule has 18 nitrogen and oxygen atoms in total. The summed E-state index contributed by atoms with van der Waals surface area (Å²) < 4.78 is 28.9. The summed E-state index contributed by atoms with van der Waals surface area (Å²) >= 11 is 0. The predicted octanol–water partition coefficient (Wildman–Crippen LogP) is 15.9. The summed E-state index contributed by atoms with van der Waals surface area (Å²) in [7, 11) is 0. The van der Waals surface area contributed by atoms with Crippen LogP contribution < -0.4 is 29.6 Å². The minimum Gasteiger partial charge on any atom is -0.457 e. The van der Waals surface area contributed by atoms with Crippen molar-refractivity contribution < 1.29 is 58.2 Å². The summed E-state index contributed by atoms with van der Waals surface area (Å²) in [6.07, 6.45) is 3.91. The Morgan fingerprint density at radius 1 is 0.429 bits per heavy atom. The molecule has 9 aromatic carbocycles. The fourth-order valence-electron chi connectivity index (χ4n) is 13.1. The molecule has 98 heavy (non-hydrogen) atoms. The first-order chi connectivity index (χ1) is 46.5. The van der Waals surface area contributed by atoms with Gasteiger partial charge in [0.05, 0.1) is 53.7 Å². The molecule has 18 heteroatoms. The normalized spacial score (nSPS) is 14.9. The lowest BCUT2D eigenvalue weighted by Gasteiger charge is -2.39. The standard InChI is InChI=1S/C80H76N6O12/c1-77(2,3)43-17-25-49(26-18-43)95-59-35-53-63-54(74(92)85(73(53)91)57(41-87)71(89)83-47-15-13-33-81-39-47)37-61(97-51-29-21-45(22-30-51)79(7,8)9)67-68-62(98-52-31-23-46(24-32-52)80(10,11)12)38-56-64-55(75(93)86(76(56)94)58(42-88)72(90)84-48-16-14-34-82-40-48)36-60(66(70(64)68)65(59)69(63)67)96-50-27-19-44(20-28-50)78(4,5)6/h13-40,57-58,73,87-88,91H,41-42H2,1-12H3,(H,83,89)(H,84,90). The van der Waals surface area contributed by atoms with Gasteiger partial charge in [-0.2, -0.15) is 0 Å². The quantitative estimate of drug-likeness (QED) is 0.0344. The summed E-state index contributed by atoms with van der Waals surface area (Å²) in [6.45, 7) is 23.1. The Labute approximate surface area is 567 Å². The zero-order valence-electron chi connectivity index (χ0n) is 56.6. The SMILES string of the molecule is CC(C)(C)c1ccc(Oc2cc3c4c(cc(Oc5ccc(C(C)(C)C)cc5)c5c6c(Oc7ccc(C(C)(C)C)cc7)cc7c8c(cc(Oc9ccc(C(C)(C)C)cc9)c(c2c45)c86)C(=O)N(C(CO)C(=O)Nc2cccnc2)C7O)C(=O)N(C(CO)C(=O)Nc2cccnc2)C3=O)cc1. The molecule has 0 fully saturated rings. The van der Waals surface area contributed by atoms with E-state index >= 15 is 14.4 Å². The first-order valence-electron chi connectivity index (χ1n) is 32.5. The number of aromatic nitrogens is 2. The second kappa shape index (κ2) is 24.7. The second-order valence-electron chi connectivity index (χ2n) is 29.2. The van der Waals surface area contributed by atoms with Crippen LogP contribution in [0.2, 0.25) is 0 Å². The van der Waals surface area contributed by atoms with Crippen LogP contribution in [0.4, 0.5) is 11.4 Å². The van der Waals surface area contributed by atoms with Crippen LogP contribution in [-0.4, -0.2) is 89.9 Å². The van der Waals surface area contributed by atoms with Gasteiger partial charge in [0.1, 0.15) is 58.1 Å².